The molecule has 1 N–H and O–H groups in total. The first kappa shape index (κ1) is 26.1. The highest BCUT2D eigenvalue weighted by Gasteiger charge is 2.49. The number of hydrogen-bond acceptors (Lipinski definition) is 3. The van der Waals surface area contributed by atoms with Gasteiger partial charge in [-0.3, -0.25) is 0 Å². The first-order valence-electron chi connectivity index (χ1n) is 12.0. The summed E-state index contributed by atoms with van der Waals surface area (Å²) in [5.41, 5.74) is 3.73. The second-order valence-electron chi connectivity index (χ2n) is 9.98. The van der Waals surface area contributed by atoms with Crippen LogP contribution in [0.25, 0.3) is 10.8 Å². The molecule has 0 radical (unpaired) electrons. The first-order valence-corrected chi connectivity index (χ1v) is 15.1. The van der Waals surface area contributed by atoms with E-state index in [0.717, 1.165) is 5.69 Å². The summed E-state index contributed by atoms with van der Waals surface area (Å²) in [4.78, 5) is 7.66. The van der Waals surface area contributed by atoms with Crippen molar-refractivity contribution >= 4 is 35.0 Å². The Kier molecular flexibility index (Phi) is 8.95. The van der Waals surface area contributed by atoms with E-state index >= 15 is 0 Å². The highest BCUT2D eigenvalue weighted by Crippen LogP contribution is 2.48. The Morgan fingerprint density at radius 1 is 0.939 bits per heavy atom. The third kappa shape index (κ3) is 5.45. The van der Waals surface area contributed by atoms with Crippen molar-refractivity contribution < 1.29 is 9.16 Å². The summed E-state index contributed by atoms with van der Waals surface area (Å²) in [6, 6.07) is 15.2. The molecule has 0 fully saturated rings. The number of aromatic amines is 1. The lowest BCUT2D eigenvalue weighted by molar-refractivity contribution is 0.0857. The zero-order chi connectivity index (χ0) is 24.2. The predicted molar refractivity (Wildman–Crippen MR) is 145 cm³/mol. The maximum Gasteiger partial charge on any atom is 0.200 e. The number of alkyl halides is 1. The second-order valence-corrected chi connectivity index (χ2v) is 16.4. The monoisotopic (exact) mass is 530 g/mol. The molecule has 0 saturated heterocycles. The fourth-order valence-electron chi connectivity index (χ4n) is 5.57. The molecule has 180 valence electrons. The number of nitrogens with one attached hydrogen (secondary N) is 1. The largest absolute Gasteiger partial charge is 0.411 e. The maximum absolute atomic E-state index is 7.45. The number of nitrogens with zero attached hydrogens (tertiary/aromatic N) is 1. The first-order chi connectivity index (χ1) is 15.7. The van der Waals surface area contributed by atoms with Crippen LogP contribution in [0.1, 0.15) is 63.5 Å². The lowest BCUT2D eigenvalue weighted by Crippen LogP contribution is -2.52. The number of ether oxygens (including phenoxy) is 1. The Balaban J connectivity index is 2.12. The van der Waals surface area contributed by atoms with Gasteiger partial charge >= 0.3 is 0 Å². The number of halogens is 1. The Hall–Kier alpha value is -1.47. The fraction of sp³-hybridized carbons (Fsp3) is 0.519. The number of imidazole rings is 1. The zero-order valence-electron chi connectivity index (χ0n) is 21.0. The third-order valence-corrected chi connectivity index (χ3v) is 14.2. The smallest absolute Gasteiger partial charge is 0.200 e. The molecule has 0 aliphatic rings. The van der Waals surface area contributed by atoms with Gasteiger partial charge in [-0.2, -0.15) is 0 Å². The van der Waals surface area contributed by atoms with Crippen molar-refractivity contribution in [3.63, 3.8) is 0 Å². The summed E-state index contributed by atoms with van der Waals surface area (Å²) in [7, 11) is -0.403. The van der Waals surface area contributed by atoms with E-state index in [4.69, 9.17) is 9.16 Å². The molecule has 3 unspecified atom stereocenters. The van der Waals surface area contributed by atoms with Crippen LogP contribution < -0.4 is 0 Å². The second kappa shape index (κ2) is 11.3. The molecular weight excluding hydrogens is 492 g/mol. The van der Waals surface area contributed by atoms with Crippen molar-refractivity contribution in [1.82, 2.24) is 9.97 Å². The molecule has 0 spiro atoms. The lowest BCUT2D eigenvalue weighted by atomic mass is 9.93. The topological polar surface area (TPSA) is 47.1 Å². The number of rotatable bonds is 11. The van der Waals surface area contributed by atoms with Crippen molar-refractivity contribution in [1.29, 1.82) is 0 Å². The lowest BCUT2D eigenvalue weighted by Gasteiger charge is -2.47. The minimum Gasteiger partial charge on any atom is -0.411 e. The van der Waals surface area contributed by atoms with Gasteiger partial charge in [0.1, 0.15) is 0 Å². The van der Waals surface area contributed by atoms with E-state index in [2.05, 4.69) is 110 Å². The molecule has 0 amide bonds. The molecule has 4 nitrogen and oxygen atoms in total. The van der Waals surface area contributed by atoms with E-state index in [0.29, 0.717) is 23.2 Å². The van der Waals surface area contributed by atoms with Crippen molar-refractivity contribution in [3.8, 4) is 0 Å². The van der Waals surface area contributed by atoms with Crippen LogP contribution in [-0.4, -0.2) is 38.1 Å². The van der Waals surface area contributed by atoms with Gasteiger partial charge in [-0.15, -0.1) is 0 Å². The van der Waals surface area contributed by atoms with E-state index < -0.39 is 8.32 Å². The van der Waals surface area contributed by atoms with E-state index in [-0.39, 0.29) is 16.8 Å². The van der Waals surface area contributed by atoms with Crippen LogP contribution in [0.3, 0.4) is 0 Å². The Bertz CT molecular complexity index is 985. The van der Waals surface area contributed by atoms with Gasteiger partial charge in [0.05, 0.1) is 29.8 Å². The Labute approximate surface area is 208 Å². The number of hydrogen-bond donors (Lipinski definition) is 1. The van der Waals surface area contributed by atoms with Crippen molar-refractivity contribution in [2.24, 2.45) is 0 Å². The predicted octanol–water partition coefficient (Wildman–Crippen LogP) is 7.99. The van der Waals surface area contributed by atoms with Gasteiger partial charge in [0, 0.05) is 19.0 Å². The standard InChI is InChI=1S/C27H39BrN2O2Si/c1-18(2)33(19(3)4,20(5)6)32-27(24(16-31-7)25-15-29-17-30-25)26(28)23-13-12-21-10-8-9-11-22(21)14-23/h8-15,17-20,24,26-27H,16H2,1-7H3,(H,29,30). The molecule has 3 atom stereocenters. The molecule has 0 saturated carbocycles. The minimum absolute atomic E-state index is 0.00804. The molecule has 3 aromatic rings. The van der Waals surface area contributed by atoms with Crippen LogP contribution in [0.5, 0.6) is 0 Å². The number of fused-ring (bicyclic) bond motifs is 1. The van der Waals surface area contributed by atoms with Gasteiger partial charge in [-0.25, -0.2) is 4.98 Å². The van der Waals surface area contributed by atoms with Crippen LogP contribution in [0.15, 0.2) is 55.0 Å². The number of aromatic nitrogens is 2. The SMILES string of the molecule is COCC(c1cnc[nH]1)C(O[Si](C(C)C)(C(C)C)C(C)C)C(Br)c1ccc2ccccc2c1. The number of H-pyrrole nitrogens is 1. The van der Waals surface area contributed by atoms with E-state index in [1.807, 2.05) is 6.20 Å². The summed E-state index contributed by atoms with van der Waals surface area (Å²) in [6.45, 7) is 14.6. The zero-order valence-corrected chi connectivity index (χ0v) is 23.6. The molecule has 0 aliphatic carbocycles. The summed E-state index contributed by atoms with van der Waals surface area (Å²) in [5, 5.41) is 2.49. The van der Waals surface area contributed by atoms with Crippen LogP contribution in [0, 0.1) is 0 Å². The summed E-state index contributed by atoms with van der Waals surface area (Å²) < 4.78 is 13.2. The van der Waals surface area contributed by atoms with Crippen LogP contribution in [-0.2, 0) is 9.16 Å². The molecule has 0 bridgehead atoms. The van der Waals surface area contributed by atoms with Gasteiger partial charge in [0.25, 0.3) is 0 Å². The number of benzene rings is 2. The fourth-order valence-corrected chi connectivity index (χ4v) is 12.1. The van der Waals surface area contributed by atoms with Gasteiger partial charge in [0.15, 0.2) is 0 Å². The minimum atomic E-state index is -2.16. The molecule has 0 aliphatic heterocycles. The average molecular weight is 532 g/mol. The van der Waals surface area contributed by atoms with Gasteiger partial charge in [-0.1, -0.05) is 93.9 Å². The highest BCUT2D eigenvalue weighted by atomic mass is 79.9. The Morgan fingerprint density at radius 2 is 1.58 bits per heavy atom. The van der Waals surface area contributed by atoms with E-state index in [1.54, 1.807) is 13.4 Å². The van der Waals surface area contributed by atoms with Crippen LogP contribution in [0.4, 0.5) is 0 Å². The molecule has 33 heavy (non-hydrogen) atoms. The molecule has 2 aromatic carbocycles. The molecule has 1 aromatic heterocycles. The van der Waals surface area contributed by atoms with Crippen LogP contribution >= 0.6 is 15.9 Å². The van der Waals surface area contributed by atoms with Crippen molar-refractivity contribution in [3.05, 3.63) is 66.2 Å². The maximum atomic E-state index is 7.45. The van der Waals surface area contributed by atoms with Crippen molar-refractivity contribution in [2.45, 2.75) is 75.0 Å². The van der Waals surface area contributed by atoms with Gasteiger partial charge < -0.3 is 14.1 Å². The van der Waals surface area contributed by atoms with Crippen molar-refractivity contribution in [2.75, 3.05) is 13.7 Å². The summed E-state index contributed by atoms with van der Waals surface area (Å²) >= 11 is 4.10. The molecule has 1 heterocycles. The quantitative estimate of drug-likeness (QED) is 0.202. The molecule has 6 heteroatoms. The molecule has 3 rings (SSSR count). The normalized spacial score (nSPS) is 15.5. The summed E-state index contributed by atoms with van der Waals surface area (Å²) in [5.74, 6) is 0.0245. The summed E-state index contributed by atoms with van der Waals surface area (Å²) in [6.07, 6.45) is 3.54. The Morgan fingerprint density at radius 3 is 2.12 bits per heavy atom. The van der Waals surface area contributed by atoms with Gasteiger partial charge in [-0.05, 0) is 39.0 Å². The van der Waals surface area contributed by atoms with E-state index in [1.165, 1.54) is 16.3 Å². The van der Waals surface area contributed by atoms with Gasteiger partial charge in [0.2, 0.25) is 8.32 Å². The molecular formula is C27H39BrN2O2Si. The highest BCUT2D eigenvalue weighted by molar-refractivity contribution is 9.09. The van der Waals surface area contributed by atoms with Crippen LogP contribution in [0.2, 0.25) is 16.6 Å². The number of methoxy groups -OCH3 is 1. The van der Waals surface area contributed by atoms with E-state index in [9.17, 15) is 0 Å². The average Bonchev–Trinajstić information content (AvgIpc) is 3.32. The third-order valence-electron chi connectivity index (χ3n) is 7.09.